The highest BCUT2D eigenvalue weighted by Gasteiger charge is 2.24. The van der Waals surface area contributed by atoms with E-state index in [1.807, 2.05) is 20.9 Å². The fourth-order valence-corrected chi connectivity index (χ4v) is 2.45. The maximum Gasteiger partial charge on any atom is 0.328 e. The molecule has 1 unspecified atom stereocenters. The topological polar surface area (TPSA) is 93.3 Å². The van der Waals surface area contributed by atoms with Crippen LogP contribution in [0.3, 0.4) is 0 Å². The van der Waals surface area contributed by atoms with E-state index in [1.165, 1.54) is 23.9 Å². The lowest BCUT2D eigenvalue weighted by atomic mass is 10.2. The van der Waals surface area contributed by atoms with Gasteiger partial charge in [-0.2, -0.15) is 10.2 Å². The maximum atomic E-state index is 12.6. The molecule has 0 spiro atoms. The molecule has 0 saturated carbocycles. The first-order valence-corrected chi connectivity index (χ1v) is 7.24. The molecule has 0 aromatic carbocycles. The van der Waals surface area contributed by atoms with Crippen LogP contribution in [0.1, 0.15) is 40.4 Å². The summed E-state index contributed by atoms with van der Waals surface area (Å²) in [5.74, 6) is -1.32. The van der Waals surface area contributed by atoms with Crippen LogP contribution in [0.5, 0.6) is 0 Å². The van der Waals surface area contributed by atoms with Gasteiger partial charge in [0.1, 0.15) is 11.7 Å². The van der Waals surface area contributed by atoms with E-state index < -0.39 is 12.0 Å². The van der Waals surface area contributed by atoms with Crippen molar-refractivity contribution in [3.63, 3.8) is 0 Å². The molecule has 2 heterocycles. The quantitative estimate of drug-likeness (QED) is 0.892. The third-order valence-electron chi connectivity index (χ3n) is 4.01. The zero-order chi connectivity index (χ0) is 17.3. The van der Waals surface area contributed by atoms with Gasteiger partial charge in [-0.25, -0.2) is 9.48 Å². The van der Waals surface area contributed by atoms with E-state index in [9.17, 15) is 9.59 Å². The van der Waals surface area contributed by atoms with E-state index in [-0.39, 0.29) is 11.6 Å². The lowest BCUT2D eigenvalue weighted by molar-refractivity contribution is -0.140. The second kappa shape index (κ2) is 6.23. The minimum Gasteiger partial charge on any atom is -0.480 e. The number of aryl methyl sites for hydroxylation is 2. The van der Waals surface area contributed by atoms with Crippen molar-refractivity contribution in [2.45, 2.75) is 33.4 Å². The Bertz CT molecular complexity index is 746. The molecule has 0 radical (unpaired) electrons. The predicted octanol–water partition coefficient (Wildman–Crippen LogP) is 1.15. The van der Waals surface area contributed by atoms with Crippen LogP contribution in [-0.2, 0) is 18.4 Å². The van der Waals surface area contributed by atoms with E-state index >= 15 is 0 Å². The Kier molecular flexibility index (Phi) is 4.53. The van der Waals surface area contributed by atoms with Gasteiger partial charge in [-0.1, -0.05) is 0 Å². The number of amides is 1. The molecule has 0 aliphatic rings. The first-order valence-electron chi connectivity index (χ1n) is 7.24. The first-order chi connectivity index (χ1) is 10.7. The molecule has 1 amide bonds. The molecular weight excluding hydrogens is 298 g/mol. The van der Waals surface area contributed by atoms with Crippen molar-refractivity contribution in [2.24, 2.45) is 7.05 Å². The summed E-state index contributed by atoms with van der Waals surface area (Å²) in [6.45, 7) is 5.74. The van der Waals surface area contributed by atoms with Gasteiger partial charge in [0, 0.05) is 38.1 Å². The Labute approximate surface area is 134 Å². The molecule has 1 atom stereocenters. The van der Waals surface area contributed by atoms with Crippen LogP contribution in [0.25, 0.3) is 0 Å². The minimum absolute atomic E-state index is 0.251. The zero-order valence-electron chi connectivity index (χ0n) is 13.9. The van der Waals surface area contributed by atoms with E-state index in [2.05, 4.69) is 10.2 Å². The fraction of sp³-hybridized carbons (Fsp3) is 0.467. The Hall–Kier alpha value is -2.64. The van der Waals surface area contributed by atoms with Crippen molar-refractivity contribution in [3.8, 4) is 0 Å². The third kappa shape index (κ3) is 3.10. The maximum absolute atomic E-state index is 12.6. The summed E-state index contributed by atoms with van der Waals surface area (Å²) >= 11 is 0. The molecule has 0 fully saturated rings. The Morgan fingerprint density at radius 1 is 1.39 bits per heavy atom. The number of carboxylic acids is 1. The molecular formula is C15H21N5O3. The average Bonchev–Trinajstić information content (AvgIpc) is 3.06. The summed E-state index contributed by atoms with van der Waals surface area (Å²) in [6, 6.07) is 0.625. The Morgan fingerprint density at radius 3 is 2.57 bits per heavy atom. The summed E-state index contributed by atoms with van der Waals surface area (Å²) < 4.78 is 3.00. The molecule has 124 valence electrons. The van der Waals surface area contributed by atoms with Gasteiger partial charge in [0.15, 0.2) is 0 Å². The lowest BCUT2D eigenvalue weighted by Gasteiger charge is -2.19. The summed E-state index contributed by atoms with van der Waals surface area (Å²) in [6.07, 6.45) is 1.43. The molecule has 0 saturated heterocycles. The molecule has 2 aromatic rings. The summed E-state index contributed by atoms with van der Waals surface area (Å²) in [5.41, 5.74) is 3.11. The number of hydrogen-bond donors (Lipinski definition) is 1. The fourth-order valence-electron chi connectivity index (χ4n) is 2.45. The van der Waals surface area contributed by atoms with E-state index in [0.717, 1.165) is 17.0 Å². The highest BCUT2D eigenvalue weighted by molar-refractivity contribution is 5.93. The van der Waals surface area contributed by atoms with Crippen LogP contribution in [0.15, 0.2) is 12.3 Å². The van der Waals surface area contributed by atoms with Crippen molar-refractivity contribution in [2.75, 3.05) is 7.05 Å². The molecule has 2 rings (SSSR count). The van der Waals surface area contributed by atoms with Crippen LogP contribution >= 0.6 is 0 Å². The zero-order valence-corrected chi connectivity index (χ0v) is 13.9. The van der Waals surface area contributed by atoms with Crippen molar-refractivity contribution in [3.05, 3.63) is 34.9 Å². The largest absolute Gasteiger partial charge is 0.480 e. The number of nitrogens with zero attached hydrogens (tertiary/aromatic N) is 5. The van der Waals surface area contributed by atoms with Gasteiger partial charge in [-0.3, -0.25) is 9.48 Å². The average molecular weight is 319 g/mol. The number of hydrogen-bond acceptors (Lipinski definition) is 4. The van der Waals surface area contributed by atoms with Crippen molar-refractivity contribution in [1.82, 2.24) is 24.5 Å². The molecule has 0 aliphatic heterocycles. The van der Waals surface area contributed by atoms with Crippen LogP contribution < -0.4 is 0 Å². The molecule has 0 aliphatic carbocycles. The van der Waals surface area contributed by atoms with E-state index in [4.69, 9.17) is 5.11 Å². The number of rotatable bonds is 5. The Balaban J connectivity index is 2.24. The van der Waals surface area contributed by atoms with Gasteiger partial charge < -0.3 is 10.0 Å². The third-order valence-corrected chi connectivity index (χ3v) is 4.01. The van der Waals surface area contributed by atoms with Gasteiger partial charge in [0.05, 0.1) is 5.69 Å². The normalized spacial score (nSPS) is 12.2. The van der Waals surface area contributed by atoms with Crippen molar-refractivity contribution >= 4 is 11.9 Å². The van der Waals surface area contributed by atoms with Gasteiger partial charge in [-0.15, -0.1) is 0 Å². The minimum atomic E-state index is -1.04. The van der Waals surface area contributed by atoms with E-state index in [1.54, 1.807) is 16.6 Å². The second-order valence-electron chi connectivity index (χ2n) is 5.61. The molecule has 23 heavy (non-hydrogen) atoms. The highest BCUT2D eigenvalue weighted by atomic mass is 16.4. The smallest absolute Gasteiger partial charge is 0.328 e. The van der Waals surface area contributed by atoms with Crippen LogP contribution in [-0.4, -0.2) is 48.5 Å². The molecule has 8 heteroatoms. The summed E-state index contributed by atoms with van der Waals surface area (Å²) in [5, 5.41) is 17.4. The Morgan fingerprint density at radius 2 is 2.04 bits per heavy atom. The monoisotopic (exact) mass is 319 g/mol. The number of aliphatic carboxylic acids is 1. The SMILES string of the molecule is Cc1nn(C)c(C)c1CN(C)C(=O)c1ccnn1C(C)C(=O)O. The summed E-state index contributed by atoms with van der Waals surface area (Å²) in [7, 11) is 3.54. The van der Waals surface area contributed by atoms with Gasteiger partial charge >= 0.3 is 5.97 Å². The second-order valence-corrected chi connectivity index (χ2v) is 5.61. The molecule has 0 bridgehead atoms. The molecule has 8 nitrogen and oxygen atoms in total. The van der Waals surface area contributed by atoms with E-state index in [0.29, 0.717) is 6.54 Å². The van der Waals surface area contributed by atoms with Gasteiger partial charge in [-0.05, 0) is 26.8 Å². The van der Waals surface area contributed by atoms with Gasteiger partial charge in [0.2, 0.25) is 0 Å². The lowest BCUT2D eigenvalue weighted by Crippen LogP contribution is -2.31. The van der Waals surface area contributed by atoms with Crippen molar-refractivity contribution < 1.29 is 14.7 Å². The van der Waals surface area contributed by atoms with Crippen LogP contribution in [0.4, 0.5) is 0 Å². The van der Waals surface area contributed by atoms with Crippen LogP contribution in [0, 0.1) is 13.8 Å². The van der Waals surface area contributed by atoms with Crippen LogP contribution in [0.2, 0.25) is 0 Å². The number of carbonyl (C=O) groups excluding carboxylic acids is 1. The number of aromatic nitrogens is 4. The van der Waals surface area contributed by atoms with Gasteiger partial charge in [0.25, 0.3) is 5.91 Å². The standard InChI is InChI=1S/C15H21N5O3/c1-9-12(10(2)19(5)17-9)8-18(4)14(21)13-6-7-16-20(13)11(3)15(22)23/h6-7,11H,8H2,1-5H3,(H,22,23). The van der Waals surface area contributed by atoms with Crippen molar-refractivity contribution in [1.29, 1.82) is 0 Å². The molecule has 2 aromatic heterocycles. The first kappa shape index (κ1) is 16.7. The predicted molar refractivity (Wildman–Crippen MR) is 83.1 cm³/mol. The molecule has 1 N–H and O–H groups in total. The highest BCUT2D eigenvalue weighted by Crippen LogP contribution is 2.17. The number of carbonyl (C=O) groups is 2. The summed E-state index contributed by atoms with van der Waals surface area (Å²) in [4.78, 5) is 25.3. The number of carboxylic acid groups (broad SMARTS) is 1.